The second kappa shape index (κ2) is 3.36. The van der Waals surface area contributed by atoms with E-state index in [0.29, 0.717) is 11.5 Å². The van der Waals surface area contributed by atoms with Crippen LogP contribution in [-0.4, -0.2) is 31.3 Å². The molecule has 0 aliphatic heterocycles. The maximum absolute atomic E-state index is 10.7. The lowest BCUT2D eigenvalue weighted by Crippen LogP contribution is -1.96. The van der Waals surface area contributed by atoms with Gasteiger partial charge in [0, 0.05) is 0 Å². The molecule has 0 unspecified atom stereocenters. The van der Waals surface area contributed by atoms with Crippen molar-refractivity contribution in [2.75, 3.05) is 0 Å². The van der Waals surface area contributed by atoms with E-state index >= 15 is 0 Å². The number of aromatic nitrogens is 5. The van der Waals surface area contributed by atoms with Crippen LogP contribution in [0.5, 0.6) is 0 Å². The average molecular weight is 193 g/mol. The summed E-state index contributed by atoms with van der Waals surface area (Å²) in [4.78, 5) is 14.7. The number of carbonyl (C=O) groups is 1. The highest BCUT2D eigenvalue weighted by atomic mass is 16.5. The molecule has 0 aromatic carbocycles. The molecule has 0 saturated carbocycles. The molecule has 0 radical (unpaired) electrons. The van der Waals surface area contributed by atoms with E-state index in [4.69, 9.17) is 4.52 Å². The Hall–Kier alpha value is -2.05. The van der Waals surface area contributed by atoms with Gasteiger partial charge >= 0.3 is 0 Å². The Morgan fingerprint density at radius 3 is 3.14 bits per heavy atom. The molecule has 1 N–H and O–H groups in total. The number of hydrogen-bond donors (Lipinski definition) is 1. The monoisotopic (exact) mass is 193 g/mol. The van der Waals surface area contributed by atoms with Crippen molar-refractivity contribution in [2.45, 2.75) is 13.3 Å². The van der Waals surface area contributed by atoms with Crippen molar-refractivity contribution in [3.63, 3.8) is 0 Å². The quantitative estimate of drug-likeness (QED) is 0.735. The summed E-state index contributed by atoms with van der Waals surface area (Å²) in [6.45, 7) is 1.46. The third kappa shape index (κ3) is 1.65. The van der Waals surface area contributed by atoms with Gasteiger partial charge in [-0.05, 0) is 6.92 Å². The molecule has 2 aromatic heterocycles. The van der Waals surface area contributed by atoms with Crippen molar-refractivity contribution >= 4 is 5.78 Å². The Morgan fingerprint density at radius 2 is 2.50 bits per heavy atom. The second-order valence-electron chi connectivity index (χ2n) is 2.75. The Labute approximate surface area is 78.5 Å². The fourth-order valence-electron chi connectivity index (χ4n) is 0.953. The third-order valence-electron chi connectivity index (χ3n) is 1.51. The molecule has 7 heteroatoms. The van der Waals surface area contributed by atoms with Gasteiger partial charge in [-0.15, -0.1) is 0 Å². The van der Waals surface area contributed by atoms with Crippen LogP contribution in [0.15, 0.2) is 10.7 Å². The molecular formula is C7H7N5O2. The summed E-state index contributed by atoms with van der Waals surface area (Å²) in [5, 5.41) is 13.5. The van der Waals surface area contributed by atoms with Crippen molar-refractivity contribution < 1.29 is 9.32 Å². The van der Waals surface area contributed by atoms with Crippen LogP contribution in [0, 0.1) is 0 Å². The van der Waals surface area contributed by atoms with E-state index in [1.165, 1.54) is 13.1 Å². The summed E-state index contributed by atoms with van der Waals surface area (Å²) in [6.07, 6.45) is 1.62. The Morgan fingerprint density at radius 1 is 1.64 bits per heavy atom. The molecule has 0 bridgehead atoms. The topological polar surface area (TPSA) is 97.6 Å². The van der Waals surface area contributed by atoms with Crippen LogP contribution in [0.4, 0.5) is 0 Å². The highest BCUT2D eigenvalue weighted by molar-refractivity contribution is 5.77. The number of H-pyrrole nitrogens is 1. The van der Waals surface area contributed by atoms with Crippen LogP contribution in [-0.2, 0) is 11.2 Å². The maximum atomic E-state index is 10.7. The summed E-state index contributed by atoms with van der Waals surface area (Å²) in [6, 6.07) is 0. The van der Waals surface area contributed by atoms with Crippen molar-refractivity contribution in [3.8, 4) is 11.5 Å². The molecule has 0 amide bonds. The van der Waals surface area contributed by atoms with Crippen LogP contribution in [0.25, 0.3) is 11.5 Å². The van der Waals surface area contributed by atoms with Gasteiger partial charge < -0.3 is 4.52 Å². The van der Waals surface area contributed by atoms with Crippen molar-refractivity contribution in [2.24, 2.45) is 0 Å². The van der Waals surface area contributed by atoms with E-state index < -0.39 is 0 Å². The summed E-state index contributed by atoms with van der Waals surface area (Å²) >= 11 is 0. The molecule has 0 aliphatic carbocycles. The van der Waals surface area contributed by atoms with E-state index in [1.807, 2.05) is 0 Å². The summed E-state index contributed by atoms with van der Waals surface area (Å²) in [5.41, 5.74) is 0.489. The number of nitrogens with one attached hydrogen (secondary N) is 1. The highest BCUT2D eigenvalue weighted by Gasteiger charge is 2.11. The largest absolute Gasteiger partial charge is 0.338 e. The van der Waals surface area contributed by atoms with Crippen LogP contribution in [0.1, 0.15) is 12.8 Å². The third-order valence-corrected chi connectivity index (χ3v) is 1.51. The zero-order chi connectivity index (χ0) is 9.97. The number of Topliss-reactive ketones (excluding diaryl/α,β-unsaturated/α-hetero) is 1. The smallest absolute Gasteiger partial charge is 0.234 e. The van der Waals surface area contributed by atoms with Gasteiger partial charge in [-0.1, -0.05) is 5.16 Å². The van der Waals surface area contributed by atoms with Gasteiger partial charge in [-0.3, -0.25) is 4.79 Å². The number of ketones is 1. The second-order valence-corrected chi connectivity index (χ2v) is 2.75. The molecule has 72 valence electrons. The van der Waals surface area contributed by atoms with Gasteiger partial charge in [-0.25, -0.2) is 0 Å². The number of rotatable bonds is 3. The first-order chi connectivity index (χ1) is 6.75. The first-order valence-electron chi connectivity index (χ1n) is 3.94. The minimum Gasteiger partial charge on any atom is -0.338 e. The zero-order valence-corrected chi connectivity index (χ0v) is 7.39. The van der Waals surface area contributed by atoms with Gasteiger partial charge in [0.25, 0.3) is 0 Å². The highest BCUT2D eigenvalue weighted by Crippen LogP contribution is 2.10. The van der Waals surface area contributed by atoms with E-state index in [2.05, 4.69) is 25.6 Å². The molecule has 7 nitrogen and oxygen atoms in total. The van der Waals surface area contributed by atoms with E-state index in [1.54, 1.807) is 0 Å². The molecule has 0 aliphatic rings. The SMILES string of the molecule is CC(=O)Cc1nc(-c2cn[nH]n2)no1. The number of carbonyl (C=O) groups excluding carboxylic acids is 1. The first-order valence-corrected chi connectivity index (χ1v) is 3.94. The van der Waals surface area contributed by atoms with Gasteiger partial charge in [0.2, 0.25) is 11.7 Å². The Kier molecular flexibility index (Phi) is 2.05. The van der Waals surface area contributed by atoms with Crippen LogP contribution in [0.2, 0.25) is 0 Å². The molecule has 0 fully saturated rings. The van der Waals surface area contributed by atoms with Gasteiger partial charge in [0.05, 0.1) is 12.6 Å². The molecule has 0 saturated heterocycles. The van der Waals surface area contributed by atoms with Crippen LogP contribution < -0.4 is 0 Å². The van der Waals surface area contributed by atoms with Crippen LogP contribution >= 0.6 is 0 Å². The summed E-state index contributed by atoms with van der Waals surface area (Å²) in [5.74, 6) is 0.589. The fourth-order valence-corrected chi connectivity index (χ4v) is 0.953. The molecule has 2 heterocycles. The molecule has 0 spiro atoms. The first kappa shape index (κ1) is 8.54. The molecule has 0 atom stereocenters. The van der Waals surface area contributed by atoms with E-state index in [9.17, 15) is 4.79 Å². The minimum absolute atomic E-state index is 0.0275. The molecular weight excluding hydrogens is 186 g/mol. The molecule has 2 aromatic rings. The normalized spacial score (nSPS) is 10.4. The average Bonchev–Trinajstić information content (AvgIpc) is 2.69. The van der Waals surface area contributed by atoms with Crippen molar-refractivity contribution in [1.29, 1.82) is 0 Å². The zero-order valence-electron chi connectivity index (χ0n) is 7.39. The van der Waals surface area contributed by atoms with Gasteiger partial charge in [0.15, 0.2) is 5.69 Å². The molecule has 2 rings (SSSR count). The fraction of sp³-hybridized carbons (Fsp3) is 0.286. The predicted molar refractivity (Wildman–Crippen MR) is 44.1 cm³/mol. The number of aromatic amines is 1. The predicted octanol–water partition coefficient (Wildman–Crippen LogP) is -0.0138. The van der Waals surface area contributed by atoms with E-state index in [-0.39, 0.29) is 18.1 Å². The molecule has 14 heavy (non-hydrogen) atoms. The van der Waals surface area contributed by atoms with Crippen molar-refractivity contribution in [1.82, 2.24) is 25.6 Å². The standard InChI is InChI=1S/C7H7N5O2/c1-4(13)2-6-9-7(11-14-6)5-3-8-12-10-5/h3H,2H2,1H3,(H,8,10,12). The number of nitrogens with zero attached hydrogens (tertiary/aromatic N) is 4. The lowest BCUT2D eigenvalue weighted by Gasteiger charge is -1.83. The lowest BCUT2D eigenvalue weighted by molar-refractivity contribution is -0.116. The van der Waals surface area contributed by atoms with Crippen molar-refractivity contribution in [3.05, 3.63) is 12.1 Å². The summed E-state index contributed by atoms with van der Waals surface area (Å²) in [7, 11) is 0. The lowest BCUT2D eigenvalue weighted by atomic mass is 10.3. The Balaban J connectivity index is 2.22. The van der Waals surface area contributed by atoms with Gasteiger partial charge in [-0.2, -0.15) is 20.4 Å². The number of hydrogen-bond acceptors (Lipinski definition) is 6. The van der Waals surface area contributed by atoms with Gasteiger partial charge in [0.1, 0.15) is 5.78 Å². The van der Waals surface area contributed by atoms with Crippen LogP contribution in [0.3, 0.4) is 0 Å². The summed E-state index contributed by atoms with van der Waals surface area (Å²) < 4.78 is 4.84. The maximum Gasteiger partial charge on any atom is 0.234 e. The van der Waals surface area contributed by atoms with E-state index in [0.717, 1.165) is 0 Å². The Bertz CT molecular complexity index is 433. The minimum atomic E-state index is -0.0275.